The molecule has 0 amide bonds. The third kappa shape index (κ3) is 3.51. The van der Waals surface area contributed by atoms with Gasteiger partial charge in [0.05, 0.1) is 13.7 Å². The van der Waals surface area contributed by atoms with Crippen molar-refractivity contribution in [2.45, 2.75) is 45.3 Å². The molecule has 1 aromatic rings. The van der Waals surface area contributed by atoms with E-state index < -0.39 is 6.10 Å². The Kier molecular flexibility index (Phi) is 5.01. The molecule has 4 heteroatoms. The molecule has 0 aromatic heterocycles. The van der Waals surface area contributed by atoms with Gasteiger partial charge in [-0.15, -0.1) is 0 Å². The van der Waals surface area contributed by atoms with Crippen LogP contribution in [0.1, 0.15) is 43.4 Å². The molecule has 0 bridgehead atoms. The van der Waals surface area contributed by atoms with E-state index in [9.17, 15) is 4.79 Å². The molecule has 1 saturated heterocycles. The SMILES string of the molecule is CCCCCOC(=O)C1OC1c1ccc(OC)cc1C. The maximum atomic E-state index is 11.8. The Balaban J connectivity index is 1.86. The average molecular weight is 278 g/mol. The van der Waals surface area contributed by atoms with Crippen molar-refractivity contribution in [3.8, 4) is 5.75 Å². The Morgan fingerprint density at radius 2 is 2.15 bits per heavy atom. The van der Waals surface area contributed by atoms with Crippen molar-refractivity contribution in [1.82, 2.24) is 0 Å². The molecule has 1 fully saturated rings. The summed E-state index contributed by atoms with van der Waals surface area (Å²) in [5, 5.41) is 0. The molecular formula is C16H22O4. The van der Waals surface area contributed by atoms with Crippen LogP contribution in [-0.2, 0) is 14.3 Å². The highest BCUT2D eigenvalue weighted by Gasteiger charge is 2.48. The standard InChI is InChI=1S/C16H22O4/c1-4-5-6-9-19-16(17)15-14(20-15)13-8-7-12(18-3)10-11(13)2/h7-8,10,14-15H,4-6,9H2,1-3H3. The van der Waals surface area contributed by atoms with Crippen LogP contribution in [0, 0.1) is 6.92 Å². The topological polar surface area (TPSA) is 48.1 Å². The Morgan fingerprint density at radius 3 is 2.80 bits per heavy atom. The van der Waals surface area contributed by atoms with E-state index in [4.69, 9.17) is 14.2 Å². The highest BCUT2D eigenvalue weighted by molar-refractivity contribution is 5.78. The van der Waals surface area contributed by atoms with E-state index in [-0.39, 0.29) is 12.1 Å². The molecule has 1 heterocycles. The second-order valence-corrected chi connectivity index (χ2v) is 5.07. The number of hydrogen-bond acceptors (Lipinski definition) is 4. The van der Waals surface area contributed by atoms with E-state index in [2.05, 4.69) is 6.92 Å². The number of benzene rings is 1. The number of ether oxygens (including phenoxy) is 3. The molecule has 2 rings (SSSR count). The Hall–Kier alpha value is -1.55. The van der Waals surface area contributed by atoms with Gasteiger partial charge in [-0.05, 0) is 36.6 Å². The summed E-state index contributed by atoms with van der Waals surface area (Å²) in [6.07, 6.45) is 2.51. The quantitative estimate of drug-likeness (QED) is 0.436. The normalized spacial score (nSPS) is 20.6. The lowest BCUT2D eigenvalue weighted by molar-refractivity contribution is -0.145. The van der Waals surface area contributed by atoms with Gasteiger partial charge in [-0.1, -0.05) is 25.8 Å². The zero-order valence-corrected chi connectivity index (χ0v) is 12.3. The summed E-state index contributed by atoms with van der Waals surface area (Å²) >= 11 is 0. The van der Waals surface area contributed by atoms with Crippen molar-refractivity contribution in [3.05, 3.63) is 29.3 Å². The fourth-order valence-electron chi connectivity index (χ4n) is 2.23. The van der Waals surface area contributed by atoms with Crippen LogP contribution in [0.15, 0.2) is 18.2 Å². The average Bonchev–Trinajstić information content (AvgIpc) is 3.23. The van der Waals surface area contributed by atoms with Crippen LogP contribution in [-0.4, -0.2) is 25.8 Å². The molecule has 0 saturated carbocycles. The molecule has 1 aliphatic rings. The van der Waals surface area contributed by atoms with Crippen molar-refractivity contribution in [2.75, 3.05) is 13.7 Å². The summed E-state index contributed by atoms with van der Waals surface area (Å²) in [6.45, 7) is 4.60. The van der Waals surface area contributed by atoms with Crippen LogP contribution >= 0.6 is 0 Å². The van der Waals surface area contributed by atoms with Gasteiger partial charge in [-0.2, -0.15) is 0 Å². The monoisotopic (exact) mass is 278 g/mol. The van der Waals surface area contributed by atoms with Crippen molar-refractivity contribution >= 4 is 5.97 Å². The first-order valence-corrected chi connectivity index (χ1v) is 7.14. The fourth-order valence-corrected chi connectivity index (χ4v) is 2.23. The third-order valence-corrected chi connectivity index (χ3v) is 3.50. The number of epoxide rings is 1. The Morgan fingerprint density at radius 1 is 1.35 bits per heavy atom. The fraction of sp³-hybridized carbons (Fsp3) is 0.562. The van der Waals surface area contributed by atoms with Crippen LogP contribution in [0.25, 0.3) is 0 Å². The second kappa shape index (κ2) is 6.75. The predicted molar refractivity (Wildman–Crippen MR) is 75.8 cm³/mol. The summed E-state index contributed by atoms with van der Waals surface area (Å²) < 4.78 is 15.8. The molecule has 1 aliphatic heterocycles. The smallest absolute Gasteiger partial charge is 0.338 e. The number of unbranched alkanes of at least 4 members (excludes halogenated alkanes) is 2. The molecular weight excluding hydrogens is 256 g/mol. The van der Waals surface area contributed by atoms with Gasteiger partial charge in [0.2, 0.25) is 0 Å². The van der Waals surface area contributed by atoms with Crippen LogP contribution in [0.2, 0.25) is 0 Å². The highest BCUT2D eigenvalue weighted by Crippen LogP contribution is 2.41. The number of carbonyl (C=O) groups excluding carboxylic acids is 1. The number of methoxy groups -OCH3 is 1. The van der Waals surface area contributed by atoms with E-state index in [1.807, 2.05) is 25.1 Å². The molecule has 20 heavy (non-hydrogen) atoms. The van der Waals surface area contributed by atoms with E-state index in [0.717, 1.165) is 36.1 Å². The lowest BCUT2D eigenvalue weighted by atomic mass is 10.0. The maximum absolute atomic E-state index is 11.8. The number of hydrogen-bond donors (Lipinski definition) is 0. The Labute approximate surface area is 120 Å². The highest BCUT2D eigenvalue weighted by atomic mass is 16.6. The first-order chi connectivity index (χ1) is 9.67. The minimum atomic E-state index is -0.441. The lowest BCUT2D eigenvalue weighted by Gasteiger charge is -2.06. The van der Waals surface area contributed by atoms with Gasteiger partial charge >= 0.3 is 5.97 Å². The van der Waals surface area contributed by atoms with Crippen LogP contribution in [0.3, 0.4) is 0 Å². The summed E-state index contributed by atoms with van der Waals surface area (Å²) in [5.41, 5.74) is 2.09. The zero-order valence-electron chi connectivity index (χ0n) is 12.3. The Bertz CT molecular complexity index is 470. The van der Waals surface area contributed by atoms with Crippen molar-refractivity contribution < 1.29 is 19.0 Å². The second-order valence-electron chi connectivity index (χ2n) is 5.07. The van der Waals surface area contributed by atoms with Gasteiger partial charge < -0.3 is 14.2 Å². The minimum absolute atomic E-state index is 0.167. The minimum Gasteiger partial charge on any atom is -0.497 e. The molecule has 0 N–H and O–H groups in total. The van der Waals surface area contributed by atoms with E-state index >= 15 is 0 Å². The maximum Gasteiger partial charge on any atom is 0.338 e. The molecule has 1 aromatic carbocycles. The van der Waals surface area contributed by atoms with E-state index in [1.54, 1.807) is 7.11 Å². The van der Waals surface area contributed by atoms with Crippen molar-refractivity contribution in [2.24, 2.45) is 0 Å². The van der Waals surface area contributed by atoms with Gasteiger partial charge in [-0.25, -0.2) is 4.79 Å². The third-order valence-electron chi connectivity index (χ3n) is 3.50. The van der Waals surface area contributed by atoms with E-state index in [1.165, 1.54) is 0 Å². The summed E-state index contributed by atoms with van der Waals surface area (Å²) in [7, 11) is 1.64. The van der Waals surface area contributed by atoms with Crippen LogP contribution < -0.4 is 4.74 Å². The first-order valence-electron chi connectivity index (χ1n) is 7.14. The van der Waals surface area contributed by atoms with Gasteiger partial charge in [0.1, 0.15) is 11.9 Å². The molecule has 0 radical (unpaired) electrons. The molecule has 4 nitrogen and oxygen atoms in total. The molecule has 0 aliphatic carbocycles. The van der Waals surface area contributed by atoms with Gasteiger partial charge in [0, 0.05) is 0 Å². The largest absolute Gasteiger partial charge is 0.497 e. The number of rotatable bonds is 7. The lowest BCUT2D eigenvalue weighted by Crippen LogP contribution is -2.13. The van der Waals surface area contributed by atoms with Crippen molar-refractivity contribution in [1.29, 1.82) is 0 Å². The van der Waals surface area contributed by atoms with Crippen LogP contribution in [0.5, 0.6) is 5.75 Å². The number of esters is 1. The molecule has 110 valence electrons. The van der Waals surface area contributed by atoms with Gasteiger partial charge in [-0.3, -0.25) is 0 Å². The number of carbonyl (C=O) groups is 1. The van der Waals surface area contributed by atoms with Crippen molar-refractivity contribution in [3.63, 3.8) is 0 Å². The van der Waals surface area contributed by atoms with Crippen LogP contribution in [0.4, 0.5) is 0 Å². The van der Waals surface area contributed by atoms with Gasteiger partial charge in [0.15, 0.2) is 6.10 Å². The molecule has 2 atom stereocenters. The molecule has 2 unspecified atom stereocenters. The predicted octanol–water partition coefficient (Wildman–Crippen LogP) is 3.18. The van der Waals surface area contributed by atoms with Gasteiger partial charge in [0.25, 0.3) is 0 Å². The summed E-state index contributed by atoms with van der Waals surface area (Å²) in [6, 6.07) is 5.78. The number of aryl methyl sites for hydroxylation is 1. The van der Waals surface area contributed by atoms with E-state index in [0.29, 0.717) is 6.61 Å². The molecule has 0 spiro atoms. The first kappa shape index (κ1) is 14.9. The summed E-state index contributed by atoms with van der Waals surface area (Å²) in [5.74, 6) is 0.562. The zero-order chi connectivity index (χ0) is 14.5. The summed E-state index contributed by atoms with van der Waals surface area (Å²) in [4.78, 5) is 11.8.